The zero-order chi connectivity index (χ0) is 20.7. The average Bonchev–Trinajstić information content (AvgIpc) is 2.72. The first kappa shape index (κ1) is 24.2. The molecule has 0 amide bonds. The van der Waals surface area contributed by atoms with Crippen LogP contribution in [0.25, 0.3) is 0 Å². The molecule has 158 valence electrons. The predicted octanol–water partition coefficient (Wildman–Crippen LogP) is 5.87. The van der Waals surface area contributed by atoms with E-state index >= 15 is 0 Å². The van der Waals surface area contributed by atoms with Gasteiger partial charge in [-0.25, -0.2) is 0 Å². The van der Waals surface area contributed by atoms with E-state index in [4.69, 9.17) is 9.47 Å². The lowest BCUT2D eigenvalue weighted by Crippen LogP contribution is -2.41. The second-order valence-corrected chi connectivity index (χ2v) is 7.42. The van der Waals surface area contributed by atoms with Gasteiger partial charge in [0.2, 0.25) is 0 Å². The molecule has 0 spiro atoms. The minimum atomic E-state index is -1.17. The molecule has 28 heavy (non-hydrogen) atoms. The summed E-state index contributed by atoms with van der Waals surface area (Å²) in [6.07, 6.45) is 9.17. The molecule has 4 nitrogen and oxygen atoms in total. The summed E-state index contributed by atoms with van der Waals surface area (Å²) in [4.78, 5) is 25.3. The molecule has 0 aliphatic heterocycles. The Kier molecular flexibility index (Phi) is 12.3. The van der Waals surface area contributed by atoms with Crippen molar-refractivity contribution in [2.75, 3.05) is 13.2 Å². The van der Waals surface area contributed by atoms with Crippen molar-refractivity contribution in [1.82, 2.24) is 0 Å². The molecule has 1 aromatic carbocycles. The van der Waals surface area contributed by atoms with Gasteiger partial charge in [-0.05, 0) is 37.7 Å². The van der Waals surface area contributed by atoms with Crippen LogP contribution in [-0.4, -0.2) is 25.2 Å². The highest BCUT2D eigenvalue weighted by Crippen LogP contribution is 2.30. The van der Waals surface area contributed by atoms with Gasteiger partial charge in [-0.1, -0.05) is 83.2 Å². The monoisotopic (exact) mass is 390 g/mol. The van der Waals surface area contributed by atoms with E-state index in [1.807, 2.05) is 32.0 Å². The normalized spacial score (nSPS) is 11.2. The molecular formula is C24H38O4. The van der Waals surface area contributed by atoms with Gasteiger partial charge in [0.15, 0.2) is 5.41 Å². The van der Waals surface area contributed by atoms with Crippen molar-refractivity contribution < 1.29 is 19.1 Å². The third kappa shape index (κ3) is 8.04. The molecule has 1 rings (SSSR count). The van der Waals surface area contributed by atoms with Gasteiger partial charge in [0.25, 0.3) is 0 Å². The molecule has 0 saturated heterocycles. The fourth-order valence-corrected chi connectivity index (χ4v) is 3.32. The first-order valence-corrected chi connectivity index (χ1v) is 11.0. The molecule has 1 aromatic rings. The van der Waals surface area contributed by atoms with E-state index in [1.54, 1.807) is 0 Å². The van der Waals surface area contributed by atoms with Crippen molar-refractivity contribution >= 4 is 11.9 Å². The Morgan fingerprint density at radius 2 is 1.29 bits per heavy atom. The Bertz CT molecular complexity index is 549. The second-order valence-electron chi connectivity index (χ2n) is 7.42. The fraction of sp³-hybridized carbons (Fsp3) is 0.667. The maximum absolute atomic E-state index is 12.7. The van der Waals surface area contributed by atoms with Gasteiger partial charge in [0, 0.05) is 0 Å². The van der Waals surface area contributed by atoms with Crippen LogP contribution in [0.15, 0.2) is 30.3 Å². The van der Waals surface area contributed by atoms with Crippen LogP contribution in [0.3, 0.4) is 0 Å². The van der Waals surface area contributed by atoms with Crippen molar-refractivity contribution in [3.05, 3.63) is 35.9 Å². The summed E-state index contributed by atoms with van der Waals surface area (Å²) >= 11 is 0. The standard InChI is InChI=1S/C24H38O4/c1-4-7-8-9-10-14-19-27-22(25)24(5-2,6-3)23(26)28-20-15-18-21-16-12-11-13-17-21/h11-13,16-17H,4-10,14-15,18-20H2,1-3H3. The highest BCUT2D eigenvalue weighted by molar-refractivity contribution is 5.99. The summed E-state index contributed by atoms with van der Waals surface area (Å²) in [5.41, 5.74) is 0.0451. The first-order chi connectivity index (χ1) is 13.6. The molecule has 0 aliphatic carbocycles. The number of ether oxygens (including phenoxy) is 2. The topological polar surface area (TPSA) is 52.6 Å². The molecule has 0 N–H and O–H groups in total. The van der Waals surface area contributed by atoms with E-state index in [0.29, 0.717) is 26.1 Å². The molecule has 0 unspecified atom stereocenters. The SMILES string of the molecule is CCCCCCCCOC(=O)C(CC)(CC)C(=O)OCCCc1ccccc1. The van der Waals surface area contributed by atoms with Gasteiger partial charge in [-0.15, -0.1) is 0 Å². The summed E-state index contributed by atoms with van der Waals surface area (Å²) in [5.74, 6) is -0.877. The van der Waals surface area contributed by atoms with Gasteiger partial charge in [0.05, 0.1) is 13.2 Å². The van der Waals surface area contributed by atoms with Gasteiger partial charge >= 0.3 is 11.9 Å². The lowest BCUT2D eigenvalue weighted by atomic mass is 9.82. The predicted molar refractivity (Wildman–Crippen MR) is 113 cm³/mol. The van der Waals surface area contributed by atoms with Crippen molar-refractivity contribution in [2.45, 2.75) is 85.0 Å². The van der Waals surface area contributed by atoms with E-state index in [-0.39, 0.29) is 0 Å². The number of carbonyl (C=O) groups is 2. The summed E-state index contributed by atoms with van der Waals surface area (Å²) < 4.78 is 10.9. The number of hydrogen-bond donors (Lipinski definition) is 0. The second kappa shape index (κ2) is 14.2. The van der Waals surface area contributed by atoms with Gasteiger partial charge in [-0.3, -0.25) is 9.59 Å². The number of esters is 2. The Hall–Kier alpha value is -1.84. The molecule has 4 heteroatoms. The zero-order valence-electron chi connectivity index (χ0n) is 18.0. The molecule has 0 heterocycles. The van der Waals surface area contributed by atoms with E-state index < -0.39 is 17.4 Å². The van der Waals surface area contributed by atoms with Crippen LogP contribution in [0.4, 0.5) is 0 Å². The van der Waals surface area contributed by atoms with Crippen molar-refractivity contribution in [3.63, 3.8) is 0 Å². The van der Waals surface area contributed by atoms with Crippen molar-refractivity contribution in [3.8, 4) is 0 Å². The molecule has 0 radical (unpaired) electrons. The quantitative estimate of drug-likeness (QED) is 0.213. The summed E-state index contributed by atoms with van der Waals surface area (Å²) in [5, 5.41) is 0. The van der Waals surface area contributed by atoms with Crippen LogP contribution >= 0.6 is 0 Å². The van der Waals surface area contributed by atoms with Crippen LogP contribution in [0, 0.1) is 5.41 Å². The van der Waals surface area contributed by atoms with Gasteiger partial charge in [0.1, 0.15) is 0 Å². The third-order valence-corrected chi connectivity index (χ3v) is 5.41. The largest absolute Gasteiger partial charge is 0.465 e. The number of rotatable bonds is 15. The van der Waals surface area contributed by atoms with E-state index in [9.17, 15) is 9.59 Å². The average molecular weight is 391 g/mol. The lowest BCUT2D eigenvalue weighted by Gasteiger charge is -2.27. The smallest absolute Gasteiger partial charge is 0.323 e. The highest BCUT2D eigenvalue weighted by Gasteiger charge is 2.45. The molecule has 0 bridgehead atoms. The number of hydrogen-bond acceptors (Lipinski definition) is 4. The Balaban J connectivity index is 2.39. The molecule has 0 aromatic heterocycles. The van der Waals surface area contributed by atoms with E-state index in [1.165, 1.54) is 31.2 Å². The molecule has 0 fully saturated rings. The Morgan fingerprint density at radius 3 is 1.86 bits per heavy atom. The fourth-order valence-electron chi connectivity index (χ4n) is 3.32. The zero-order valence-corrected chi connectivity index (χ0v) is 18.0. The molecule has 0 aliphatic rings. The van der Waals surface area contributed by atoms with Crippen LogP contribution in [-0.2, 0) is 25.5 Å². The lowest BCUT2D eigenvalue weighted by molar-refractivity contribution is -0.173. The Morgan fingerprint density at radius 1 is 0.750 bits per heavy atom. The van der Waals surface area contributed by atoms with Crippen LogP contribution < -0.4 is 0 Å². The van der Waals surface area contributed by atoms with E-state index in [0.717, 1.165) is 25.7 Å². The van der Waals surface area contributed by atoms with E-state index in [2.05, 4.69) is 19.1 Å². The number of unbranched alkanes of at least 4 members (excludes halogenated alkanes) is 5. The third-order valence-electron chi connectivity index (χ3n) is 5.41. The number of benzene rings is 1. The highest BCUT2D eigenvalue weighted by atomic mass is 16.6. The first-order valence-electron chi connectivity index (χ1n) is 11.0. The van der Waals surface area contributed by atoms with Crippen LogP contribution in [0.2, 0.25) is 0 Å². The van der Waals surface area contributed by atoms with Crippen molar-refractivity contribution in [2.24, 2.45) is 5.41 Å². The van der Waals surface area contributed by atoms with Gasteiger partial charge < -0.3 is 9.47 Å². The Labute approximate surface area is 171 Å². The van der Waals surface area contributed by atoms with Crippen LogP contribution in [0.5, 0.6) is 0 Å². The summed E-state index contributed by atoms with van der Waals surface area (Å²) in [6.45, 7) is 6.59. The summed E-state index contributed by atoms with van der Waals surface area (Å²) in [7, 11) is 0. The maximum atomic E-state index is 12.7. The molecule has 0 saturated carbocycles. The molecule has 0 atom stereocenters. The maximum Gasteiger partial charge on any atom is 0.323 e. The number of carbonyl (C=O) groups excluding carboxylic acids is 2. The minimum absolute atomic E-state index is 0.320. The minimum Gasteiger partial charge on any atom is -0.465 e. The van der Waals surface area contributed by atoms with Gasteiger partial charge in [-0.2, -0.15) is 0 Å². The molecular weight excluding hydrogens is 352 g/mol. The summed E-state index contributed by atoms with van der Waals surface area (Å²) in [6, 6.07) is 10.1. The number of aryl methyl sites for hydroxylation is 1. The van der Waals surface area contributed by atoms with Crippen LogP contribution in [0.1, 0.15) is 84.1 Å². The van der Waals surface area contributed by atoms with Crippen molar-refractivity contribution in [1.29, 1.82) is 0 Å².